The smallest absolute Gasteiger partial charge is 0.00240 e. The molecule has 0 saturated heterocycles. The van der Waals surface area contributed by atoms with Gasteiger partial charge in [-0.1, -0.05) is 62.3 Å². The van der Waals surface area contributed by atoms with Crippen molar-refractivity contribution in [2.45, 2.75) is 126 Å². The molecule has 164 valence electrons. The monoisotopic (exact) mass is 432 g/mol. The van der Waals surface area contributed by atoms with Gasteiger partial charge in [-0.2, -0.15) is 0 Å². The van der Waals surface area contributed by atoms with Gasteiger partial charge in [0.05, 0.1) is 0 Å². The minimum absolute atomic E-state index is 0.0729. The zero-order chi connectivity index (χ0) is 21.7. The third kappa shape index (κ3) is 4.46. The van der Waals surface area contributed by atoms with Crippen molar-refractivity contribution >= 4 is 15.1 Å². The van der Waals surface area contributed by atoms with Gasteiger partial charge in [-0.25, -0.2) is 0 Å². The van der Waals surface area contributed by atoms with Crippen LogP contribution in [0.4, 0.5) is 0 Å². The van der Waals surface area contributed by atoms with Gasteiger partial charge in [0.15, 0.2) is 0 Å². The van der Waals surface area contributed by atoms with E-state index < -0.39 is 0 Å². The largest absolute Gasteiger partial charge is 0.117 e. The SMILES string of the molecule is CCc1c(CC)c(CC)p(CC(C)p2c(CC)c(CC)c(CC)c2CC)c1CC. The first kappa shape index (κ1) is 24.8. The molecule has 0 spiro atoms. The molecule has 0 aliphatic heterocycles. The van der Waals surface area contributed by atoms with Gasteiger partial charge in [0.2, 0.25) is 0 Å². The lowest BCUT2D eigenvalue weighted by Gasteiger charge is -2.20. The first-order valence-corrected chi connectivity index (χ1v) is 15.4. The van der Waals surface area contributed by atoms with Crippen molar-refractivity contribution in [3.05, 3.63) is 43.4 Å². The molecule has 2 aromatic rings. The molecule has 1 atom stereocenters. The van der Waals surface area contributed by atoms with E-state index in [2.05, 4.69) is 62.3 Å². The van der Waals surface area contributed by atoms with E-state index in [0.29, 0.717) is 0 Å². The highest BCUT2D eigenvalue weighted by atomic mass is 31.1. The fourth-order valence-electron chi connectivity index (χ4n) is 5.98. The van der Waals surface area contributed by atoms with E-state index in [-0.39, 0.29) is 15.1 Å². The van der Waals surface area contributed by atoms with Gasteiger partial charge in [-0.05, 0) is 101 Å². The first-order chi connectivity index (χ1) is 14.0. The highest BCUT2D eigenvalue weighted by Crippen LogP contribution is 2.59. The van der Waals surface area contributed by atoms with E-state index >= 15 is 0 Å². The van der Waals surface area contributed by atoms with Gasteiger partial charge in [-0.3, -0.25) is 0 Å². The predicted octanol–water partition coefficient (Wildman–Crippen LogP) is 9.42. The summed E-state index contributed by atoms with van der Waals surface area (Å²) in [6, 6.07) is 0. The Hall–Kier alpha value is -0.440. The predicted molar refractivity (Wildman–Crippen MR) is 138 cm³/mol. The molecule has 0 saturated carbocycles. The Morgan fingerprint density at radius 2 is 0.793 bits per heavy atom. The number of hydrogen-bond acceptors (Lipinski definition) is 0. The second-order valence-electron chi connectivity index (χ2n) is 8.36. The van der Waals surface area contributed by atoms with Crippen LogP contribution < -0.4 is 0 Å². The van der Waals surface area contributed by atoms with Crippen LogP contribution in [0.25, 0.3) is 0 Å². The van der Waals surface area contributed by atoms with Crippen LogP contribution in [0.15, 0.2) is 0 Å². The fraction of sp³-hybridized carbons (Fsp3) is 0.704. The number of hydrogen-bond donors (Lipinski definition) is 0. The summed E-state index contributed by atoms with van der Waals surface area (Å²) >= 11 is 0. The Labute approximate surface area is 184 Å². The molecular formula is C27H46P2. The van der Waals surface area contributed by atoms with Gasteiger partial charge in [0, 0.05) is 5.66 Å². The topological polar surface area (TPSA) is 0 Å². The molecule has 2 rings (SSSR count). The zero-order valence-electron chi connectivity index (χ0n) is 20.8. The quantitative estimate of drug-likeness (QED) is 0.332. The Morgan fingerprint density at radius 3 is 1.07 bits per heavy atom. The molecule has 0 amide bonds. The third-order valence-corrected chi connectivity index (χ3v) is 14.1. The van der Waals surface area contributed by atoms with Crippen molar-refractivity contribution in [2.75, 3.05) is 0 Å². The summed E-state index contributed by atoms with van der Waals surface area (Å²) in [5.41, 5.74) is 7.84. The summed E-state index contributed by atoms with van der Waals surface area (Å²) in [6.07, 6.45) is 11.4. The Balaban J connectivity index is 2.63. The zero-order valence-corrected chi connectivity index (χ0v) is 22.6. The average Bonchev–Trinajstić information content (AvgIpc) is 3.22. The van der Waals surface area contributed by atoms with Crippen LogP contribution in [0.5, 0.6) is 0 Å². The van der Waals surface area contributed by atoms with Crippen molar-refractivity contribution < 1.29 is 0 Å². The van der Waals surface area contributed by atoms with Crippen molar-refractivity contribution in [3.8, 4) is 0 Å². The number of rotatable bonds is 11. The van der Waals surface area contributed by atoms with Crippen LogP contribution in [0.1, 0.15) is 111 Å². The Kier molecular flexibility index (Phi) is 9.64. The molecule has 0 radical (unpaired) electrons. The molecule has 29 heavy (non-hydrogen) atoms. The summed E-state index contributed by atoms with van der Waals surface area (Å²) in [5.74, 6) is 0. The molecule has 0 aliphatic carbocycles. The molecule has 0 aliphatic rings. The van der Waals surface area contributed by atoms with E-state index in [4.69, 9.17) is 0 Å². The van der Waals surface area contributed by atoms with Crippen LogP contribution >= 0.6 is 15.1 Å². The van der Waals surface area contributed by atoms with Crippen molar-refractivity contribution in [2.24, 2.45) is 0 Å². The second-order valence-corrected chi connectivity index (χ2v) is 13.4. The van der Waals surface area contributed by atoms with Crippen molar-refractivity contribution in [1.82, 2.24) is 0 Å². The van der Waals surface area contributed by atoms with Crippen LogP contribution in [-0.4, -0.2) is 0 Å². The van der Waals surface area contributed by atoms with Gasteiger partial charge in [0.25, 0.3) is 0 Å². The maximum Gasteiger partial charge on any atom is 0.00240 e. The van der Waals surface area contributed by atoms with E-state index in [1.54, 1.807) is 22.3 Å². The molecule has 2 heterocycles. The average molecular weight is 433 g/mol. The van der Waals surface area contributed by atoms with Gasteiger partial charge < -0.3 is 0 Å². The molecule has 0 bridgehead atoms. The van der Waals surface area contributed by atoms with Crippen molar-refractivity contribution in [1.29, 1.82) is 0 Å². The summed E-state index contributed by atoms with van der Waals surface area (Å²) in [4.78, 5) is 0. The fourth-order valence-corrected chi connectivity index (χ4v) is 13.7. The molecule has 0 nitrogen and oxygen atoms in total. The van der Waals surface area contributed by atoms with Gasteiger partial charge in [-0.15, -0.1) is 15.1 Å². The van der Waals surface area contributed by atoms with Crippen LogP contribution in [0, 0.1) is 0 Å². The first-order valence-electron chi connectivity index (χ1n) is 12.4. The molecule has 2 heteroatoms. The maximum absolute atomic E-state index is 2.61. The minimum atomic E-state index is -0.0947. The van der Waals surface area contributed by atoms with Gasteiger partial charge >= 0.3 is 0 Å². The molecule has 2 aromatic heterocycles. The minimum Gasteiger partial charge on any atom is -0.117 e. The van der Waals surface area contributed by atoms with Gasteiger partial charge in [0.1, 0.15) is 0 Å². The molecular weight excluding hydrogens is 386 g/mol. The standard InChI is InChI=1S/C27H46P2/c1-10-20-21(11-2)25(15-6)28(24(20)14-5)18-19(9)29-26(16-7)22(12-3)23(13-4)27(29)17-8/h19H,10-18H2,1-9H3. The Bertz CT molecular complexity index is 745. The Morgan fingerprint density at radius 1 is 0.483 bits per heavy atom. The van der Waals surface area contributed by atoms with E-state index in [9.17, 15) is 0 Å². The molecule has 0 N–H and O–H groups in total. The summed E-state index contributed by atoms with van der Waals surface area (Å²) in [5, 5.41) is 7.42. The van der Waals surface area contributed by atoms with Crippen LogP contribution in [0.2, 0.25) is 0 Å². The summed E-state index contributed by atoms with van der Waals surface area (Å²) in [6.45, 7) is 21.8. The molecule has 0 aromatic carbocycles. The summed E-state index contributed by atoms with van der Waals surface area (Å²) in [7, 11) is -0.168. The molecule has 1 unspecified atom stereocenters. The molecule has 0 fully saturated rings. The third-order valence-electron chi connectivity index (χ3n) is 7.00. The highest BCUT2D eigenvalue weighted by Gasteiger charge is 2.26. The van der Waals surface area contributed by atoms with E-state index in [1.165, 1.54) is 57.5 Å². The second kappa shape index (κ2) is 11.3. The van der Waals surface area contributed by atoms with E-state index in [1.807, 2.05) is 21.2 Å². The maximum atomic E-state index is 2.61. The van der Waals surface area contributed by atoms with Crippen LogP contribution in [0.3, 0.4) is 0 Å². The highest BCUT2D eigenvalue weighted by molar-refractivity contribution is 7.55. The lowest BCUT2D eigenvalue weighted by molar-refractivity contribution is 0.963. The van der Waals surface area contributed by atoms with E-state index in [0.717, 1.165) is 5.66 Å². The summed E-state index contributed by atoms with van der Waals surface area (Å²) < 4.78 is 0. The normalized spacial score (nSPS) is 12.7. The van der Waals surface area contributed by atoms with Crippen molar-refractivity contribution in [3.63, 3.8) is 0 Å². The van der Waals surface area contributed by atoms with Crippen LogP contribution in [-0.2, 0) is 57.5 Å². The lowest BCUT2D eigenvalue weighted by atomic mass is 10.0. The lowest BCUT2D eigenvalue weighted by Crippen LogP contribution is -1.91.